The van der Waals surface area contributed by atoms with Crippen molar-refractivity contribution >= 4 is 45.8 Å². The first-order valence-corrected chi connectivity index (χ1v) is 8.41. The van der Waals surface area contributed by atoms with Crippen LogP contribution in [0.4, 0.5) is 5.82 Å². The van der Waals surface area contributed by atoms with E-state index in [4.69, 9.17) is 0 Å². The minimum Gasteiger partial charge on any atom is -0.393 e. The maximum absolute atomic E-state index is 9.68. The Bertz CT molecular complexity index is 690. The van der Waals surface area contributed by atoms with Crippen molar-refractivity contribution in [2.45, 2.75) is 37.8 Å². The highest BCUT2D eigenvalue weighted by molar-refractivity contribution is 14.1. The van der Waals surface area contributed by atoms with Crippen LogP contribution >= 0.6 is 22.6 Å². The normalized spacial score (nSPS) is 22.5. The van der Waals surface area contributed by atoms with Crippen LogP contribution in [0.5, 0.6) is 0 Å². The molecule has 1 aliphatic carbocycles. The molecular weight excluding hydrogens is 395 g/mol. The predicted octanol–water partition coefficient (Wildman–Crippen LogP) is 2.13. The Kier molecular flexibility index (Phi) is 4.57. The van der Waals surface area contributed by atoms with Crippen LogP contribution in [-0.4, -0.2) is 56.3 Å². The predicted molar refractivity (Wildman–Crippen MR) is 93.4 cm³/mol. The number of aromatic nitrogens is 4. The molecule has 0 aliphatic heterocycles. The molecule has 0 atom stereocenters. The summed E-state index contributed by atoms with van der Waals surface area (Å²) in [6.45, 7) is 0. The highest BCUT2D eigenvalue weighted by atomic mass is 127. The molecule has 0 radical (unpaired) electrons. The Balaban J connectivity index is 2.01. The van der Waals surface area contributed by atoms with E-state index in [1.165, 1.54) is 6.33 Å². The molecule has 0 spiro atoms. The standard InChI is InChI=1S/C14H19IN6O/c1-20(2)8-18-13-11-12(15)19-21(14(11)17-7-16-13)9-3-5-10(22)6-4-9/h7-10,22H,3-6H2,1-2H3/t9-,10-. The number of aliphatic hydroxyl groups is 1. The van der Waals surface area contributed by atoms with Gasteiger partial charge in [-0.1, -0.05) is 0 Å². The molecule has 2 heterocycles. The first-order chi connectivity index (χ1) is 10.6. The second-order valence-corrected chi connectivity index (χ2v) is 6.82. The fourth-order valence-corrected chi connectivity index (χ4v) is 3.46. The Morgan fingerprint density at radius 2 is 2.05 bits per heavy atom. The van der Waals surface area contributed by atoms with Crippen molar-refractivity contribution in [2.75, 3.05) is 14.1 Å². The first-order valence-electron chi connectivity index (χ1n) is 7.33. The summed E-state index contributed by atoms with van der Waals surface area (Å²) >= 11 is 2.21. The van der Waals surface area contributed by atoms with Crippen LogP contribution in [0.2, 0.25) is 0 Å². The van der Waals surface area contributed by atoms with Crippen molar-refractivity contribution in [1.29, 1.82) is 0 Å². The van der Waals surface area contributed by atoms with Crippen LogP contribution in [0.15, 0.2) is 11.3 Å². The summed E-state index contributed by atoms with van der Waals surface area (Å²) in [5.74, 6) is 0.644. The second kappa shape index (κ2) is 6.45. The molecule has 2 aromatic rings. The summed E-state index contributed by atoms with van der Waals surface area (Å²) < 4.78 is 2.85. The van der Waals surface area contributed by atoms with Crippen molar-refractivity contribution in [1.82, 2.24) is 24.6 Å². The Morgan fingerprint density at radius 3 is 2.73 bits per heavy atom. The first kappa shape index (κ1) is 15.6. The van der Waals surface area contributed by atoms with E-state index >= 15 is 0 Å². The summed E-state index contributed by atoms with van der Waals surface area (Å²) in [6, 6.07) is 0.287. The maximum Gasteiger partial charge on any atom is 0.169 e. The minimum absolute atomic E-state index is 0.174. The van der Waals surface area contributed by atoms with Crippen molar-refractivity contribution in [3.63, 3.8) is 0 Å². The molecule has 2 aromatic heterocycles. The summed E-state index contributed by atoms with van der Waals surface area (Å²) in [4.78, 5) is 15.0. The lowest BCUT2D eigenvalue weighted by Gasteiger charge is -2.25. The van der Waals surface area contributed by atoms with E-state index in [2.05, 4.69) is 42.6 Å². The molecule has 22 heavy (non-hydrogen) atoms. The van der Waals surface area contributed by atoms with Crippen molar-refractivity contribution in [3.8, 4) is 0 Å². The zero-order chi connectivity index (χ0) is 15.7. The van der Waals surface area contributed by atoms with Crippen LogP contribution < -0.4 is 0 Å². The van der Waals surface area contributed by atoms with Gasteiger partial charge in [0.25, 0.3) is 0 Å². The number of aliphatic imine (C=N–C) groups is 1. The largest absolute Gasteiger partial charge is 0.393 e. The molecule has 0 unspecified atom stereocenters. The average molecular weight is 414 g/mol. The average Bonchev–Trinajstić information content (AvgIpc) is 2.84. The lowest BCUT2D eigenvalue weighted by molar-refractivity contribution is 0.108. The minimum atomic E-state index is -0.174. The molecule has 118 valence electrons. The summed E-state index contributed by atoms with van der Waals surface area (Å²) in [6.07, 6.45) is 6.58. The lowest BCUT2D eigenvalue weighted by atomic mass is 9.93. The zero-order valence-corrected chi connectivity index (χ0v) is 14.8. The number of aliphatic hydroxyl groups excluding tert-OH is 1. The van der Waals surface area contributed by atoms with Gasteiger partial charge in [0.2, 0.25) is 0 Å². The van der Waals surface area contributed by atoms with Crippen molar-refractivity contribution in [2.24, 2.45) is 4.99 Å². The summed E-state index contributed by atoms with van der Waals surface area (Å²) in [5, 5.41) is 15.2. The molecule has 1 N–H and O–H groups in total. The number of hydrogen-bond donors (Lipinski definition) is 1. The fourth-order valence-electron chi connectivity index (χ4n) is 2.74. The van der Waals surface area contributed by atoms with Gasteiger partial charge in [0.05, 0.1) is 23.9 Å². The molecule has 8 heteroatoms. The maximum atomic E-state index is 9.68. The topological polar surface area (TPSA) is 79.4 Å². The van der Waals surface area contributed by atoms with Crippen LogP contribution in [0.1, 0.15) is 31.7 Å². The van der Waals surface area contributed by atoms with E-state index < -0.39 is 0 Å². The third kappa shape index (κ3) is 3.07. The second-order valence-electron chi connectivity index (χ2n) is 5.80. The van der Waals surface area contributed by atoms with Gasteiger partial charge < -0.3 is 10.0 Å². The summed E-state index contributed by atoms with van der Waals surface area (Å²) in [5.41, 5.74) is 0.826. The van der Waals surface area contributed by atoms with Gasteiger partial charge in [-0.25, -0.2) is 19.6 Å². The molecule has 0 saturated heterocycles. The smallest absolute Gasteiger partial charge is 0.169 e. The van der Waals surface area contributed by atoms with Gasteiger partial charge in [0, 0.05) is 14.1 Å². The van der Waals surface area contributed by atoms with E-state index in [0.29, 0.717) is 5.82 Å². The monoisotopic (exact) mass is 414 g/mol. The fraction of sp³-hybridized carbons (Fsp3) is 0.571. The Labute approximate surface area is 142 Å². The van der Waals surface area contributed by atoms with Crippen LogP contribution in [-0.2, 0) is 0 Å². The van der Waals surface area contributed by atoms with Crippen LogP contribution in [0.3, 0.4) is 0 Å². The quantitative estimate of drug-likeness (QED) is 0.473. The number of halogens is 1. The van der Waals surface area contributed by atoms with Gasteiger partial charge in [-0.05, 0) is 48.3 Å². The molecule has 0 bridgehead atoms. The highest BCUT2D eigenvalue weighted by Crippen LogP contribution is 2.33. The van der Waals surface area contributed by atoms with E-state index in [1.54, 1.807) is 6.34 Å². The van der Waals surface area contributed by atoms with Gasteiger partial charge in [-0.3, -0.25) is 0 Å². The van der Waals surface area contributed by atoms with Gasteiger partial charge in [-0.2, -0.15) is 5.10 Å². The molecule has 0 aromatic carbocycles. The highest BCUT2D eigenvalue weighted by Gasteiger charge is 2.25. The Hall–Kier alpha value is -1.29. The number of hydrogen-bond acceptors (Lipinski definition) is 5. The van der Waals surface area contributed by atoms with Gasteiger partial charge in [0.1, 0.15) is 10.0 Å². The number of nitrogens with zero attached hydrogens (tertiary/aromatic N) is 6. The summed E-state index contributed by atoms with van der Waals surface area (Å²) in [7, 11) is 3.84. The van der Waals surface area contributed by atoms with Crippen molar-refractivity contribution in [3.05, 3.63) is 10.0 Å². The van der Waals surface area contributed by atoms with E-state index in [-0.39, 0.29) is 12.1 Å². The van der Waals surface area contributed by atoms with Crippen LogP contribution in [0.25, 0.3) is 11.0 Å². The molecule has 1 aliphatic rings. The number of fused-ring (bicyclic) bond motifs is 1. The third-order valence-corrected chi connectivity index (χ3v) is 4.60. The van der Waals surface area contributed by atoms with Crippen LogP contribution in [0, 0.1) is 3.70 Å². The zero-order valence-electron chi connectivity index (χ0n) is 12.6. The molecule has 0 amide bonds. The van der Waals surface area contributed by atoms with Crippen molar-refractivity contribution < 1.29 is 5.11 Å². The van der Waals surface area contributed by atoms with E-state index in [1.807, 2.05) is 23.7 Å². The SMILES string of the molecule is CN(C)C=Nc1ncnc2c1c(I)nn2[C@H]1CC[C@H](O)CC1. The van der Waals surface area contributed by atoms with Gasteiger partial charge in [-0.15, -0.1) is 0 Å². The molecular formula is C14H19IN6O. The molecule has 1 fully saturated rings. The molecule has 1 saturated carbocycles. The van der Waals surface area contributed by atoms with E-state index in [0.717, 1.165) is 40.4 Å². The number of rotatable bonds is 3. The molecule has 7 nitrogen and oxygen atoms in total. The van der Waals surface area contributed by atoms with E-state index in [9.17, 15) is 5.11 Å². The van der Waals surface area contributed by atoms with Gasteiger partial charge in [0.15, 0.2) is 11.5 Å². The Morgan fingerprint density at radius 1 is 1.32 bits per heavy atom. The molecule has 3 rings (SSSR count). The lowest BCUT2D eigenvalue weighted by Crippen LogP contribution is -2.22. The van der Waals surface area contributed by atoms with Gasteiger partial charge >= 0.3 is 0 Å². The third-order valence-electron chi connectivity index (χ3n) is 3.85.